The monoisotopic (exact) mass is 289 g/mol. The zero-order valence-electron chi connectivity index (χ0n) is 12.5. The Bertz CT molecular complexity index is 785. The fourth-order valence-corrected chi connectivity index (χ4v) is 3.42. The first kappa shape index (κ1) is 13.2. The van der Waals surface area contributed by atoms with Crippen LogP contribution in [-0.2, 0) is 12.8 Å². The second-order valence-corrected chi connectivity index (χ2v) is 5.93. The summed E-state index contributed by atoms with van der Waals surface area (Å²) in [6.07, 6.45) is 4.83. The van der Waals surface area contributed by atoms with Gasteiger partial charge < -0.3 is 9.67 Å². The number of hydrogen-bond acceptors (Lipinski definition) is 1. The van der Waals surface area contributed by atoms with Gasteiger partial charge in [0.15, 0.2) is 0 Å². The van der Waals surface area contributed by atoms with Gasteiger partial charge in [-0.2, -0.15) is 0 Å². The molecule has 0 bridgehead atoms. The molecule has 1 aliphatic rings. The molecule has 2 nitrogen and oxygen atoms in total. The van der Waals surface area contributed by atoms with E-state index in [1.807, 2.05) is 12.1 Å². The Labute approximate surface area is 130 Å². The average Bonchev–Trinajstić information content (AvgIpc) is 2.96. The highest BCUT2D eigenvalue weighted by atomic mass is 16.3. The van der Waals surface area contributed by atoms with E-state index >= 15 is 0 Å². The summed E-state index contributed by atoms with van der Waals surface area (Å²) < 4.78 is 2.36. The van der Waals surface area contributed by atoms with Crippen molar-refractivity contribution in [3.63, 3.8) is 0 Å². The minimum atomic E-state index is 0.311. The Hall–Kier alpha value is -2.48. The van der Waals surface area contributed by atoms with E-state index in [0.29, 0.717) is 5.75 Å². The molecule has 110 valence electrons. The Balaban J connectivity index is 1.94. The number of rotatable bonds is 2. The van der Waals surface area contributed by atoms with Gasteiger partial charge >= 0.3 is 0 Å². The topological polar surface area (TPSA) is 25.2 Å². The Morgan fingerprint density at radius 1 is 0.818 bits per heavy atom. The molecule has 1 aliphatic carbocycles. The number of benzene rings is 2. The second-order valence-electron chi connectivity index (χ2n) is 5.93. The number of phenols is 1. The molecule has 2 heteroatoms. The Morgan fingerprint density at radius 2 is 1.55 bits per heavy atom. The summed E-state index contributed by atoms with van der Waals surface area (Å²) in [6.45, 7) is 0. The van der Waals surface area contributed by atoms with E-state index in [4.69, 9.17) is 0 Å². The lowest BCUT2D eigenvalue weighted by atomic mass is 9.98. The van der Waals surface area contributed by atoms with Crippen LogP contribution in [0.3, 0.4) is 0 Å². The molecular formula is C20H19NO. The molecular weight excluding hydrogens is 270 g/mol. The van der Waals surface area contributed by atoms with E-state index in [-0.39, 0.29) is 0 Å². The van der Waals surface area contributed by atoms with Crippen LogP contribution >= 0.6 is 0 Å². The van der Waals surface area contributed by atoms with Gasteiger partial charge in [-0.05, 0) is 67.1 Å². The molecule has 0 spiro atoms. The SMILES string of the molecule is Oc1ccc(-n2c(-c3ccccc3)cc3c2CCCC3)cc1. The molecule has 0 radical (unpaired) electrons. The van der Waals surface area contributed by atoms with Crippen molar-refractivity contribution in [2.24, 2.45) is 0 Å². The predicted molar refractivity (Wildman–Crippen MR) is 89.5 cm³/mol. The van der Waals surface area contributed by atoms with Gasteiger partial charge in [-0.15, -0.1) is 0 Å². The van der Waals surface area contributed by atoms with E-state index in [9.17, 15) is 5.11 Å². The van der Waals surface area contributed by atoms with Crippen molar-refractivity contribution in [1.29, 1.82) is 0 Å². The third-order valence-corrected chi connectivity index (χ3v) is 4.48. The molecule has 0 fully saturated rings. The van der Waals surface area contributed by atoms with Crippen LogP contribution in [0.25, 0.3) is 16.9 Å². The first-order chi connectivity index (χ1) is 10.8. The lowest BCUT2D eigenvalue weighted by Crippen LogP contribution is -2.07. The largest absolute Gasteiger partial charge is 0.508 e. The normalized spacial score (nSPS) is 13.8. The molecule has 22 heavy (non-hydrogen) atoms. The van der Waals surface area contributed by atoms with Crippen LogP contribution in [0.2, 0.25) is 0 Å². The maximum atomic E-state index is 9.57. The van der Waals surface area contributed by atoms with Crippen molar-refractivity contribution in [3.8, 4) is 22.7 Å². The smallest absolute Gasteiger partial charge is 0.115 e. The molecule has 0 saturated carbocycles. The number of phenolic OH excluding ortho intramolecular Hbond substituents is 1. The van der Waals surface area contributed by atoms with Crippen LogP contribution in [0.15, 0.2) is 60.7 Å². The summed E-state index contributed by atoms with van der Waals surface area (Å²) in [5.41, 5.74) is 6.51. The minimum absolute atomic E-state index is 0.311. The van der Waals surface area contributed by atoms with Crippen LogP contribution in [0, 0.1) is 0 Å². The van der Waals surface area contributed by atoms with Crippen LogP contribution < -0.4 is 0 Å². The highest BCUT2D eigenvalue weighted by Crippen LogP contribution is 2.34. The molecule has 4 rings (SSSR count). The van der Waals surface area contributed by atoms with Crippen LogP contribution in [0.5, 0.6) is 5.75 Å². The van der Waals surface area contributed by atoms with Gasteiger partial charge in [-0.25, -0.2) is 0 Å². The van der Waals surface area contributed by atoms with Gasteiger partial charge in [-0.3, -0.25) is 0 Å². The van der Waals surface area contributed by atoms with Crippen molar-refractivity contribution >= 4 is 0 Å². The zero-order chi connectivity index (χ0) is 14.9. The molecule has 2 aromatic carbocycles. The van der Waals surface area contributed by atoms with E-state index in [2.05, 4.69) is 41.0 Å². The number of aromatic nitrogens is 1. The summed E-state index contributed by atoms with van der Waals surface area (Å²) in [7, 11) is 0. The molecule has 0 amide bonds. The van der Waals surface area contributed by atoms with E-state index in [1.54, 1.807) is 12.1 Å². The lowest BCUT2D eigenvalue weighted by Gasteiger charge is -2.17. The van der Waals surface area contributed by atoms with Gasteiger partial charge in [0.05, 0.1) is 5.69 Å². The van der Waals surface area contributed by atoms with E-state index in [0.717, 1.165) is 12.1 Å². The van der Waals surface area contributed by atoms with Crippen LogP contribution in [0.1, 0.15) is 24.1 Å². The zero-order valence-corrected chi connectivity index (χ0v) is 12.5. The maximum Gasteiger partial charge on any atom is 0.115 e. The predicted octanol–water partition coefficient (Wildman–Crippen LogP) is 4.73. The molecule has 1 N–H and O–H groups in total. The summed E-state index contributed by atoms with van der Waals surface area (Å²) in [6, 6.07) is 20.4. The molecule has 3 aromatic rings. The second kappa shape index (κ2) is 5.38. The number of hydrogen-bond donors (Lipinski definition) is 1. The molecule has 0 saturated heterocycles. The van der Waals surface area contributed by atoms with Gasteiger partial charge in [0.2, 0.25) is 0 Å². The van der Waals surface area contributed by atoms with Crippen molar-refractivity contribution in [2.75, 3.05) is 0 Å². The molecule has 1 heterocycles. The van der Waals surface area contributed by atoms with Gasteiger partial charge in [0, 0.05) is 11.4 Å². The van der Waals surface area contributed by atoms with Crippen LogP contribution in [-0.4, -0.2) is 9.67 Å². The molecule has 0 atom stereocenters. The van der Waals surface area contributed by atoms with E-state index in [1.165, 1.54) is 41.8 Å². The fourth-order valence-electron chi connectivity index (χ4n) is 3.42. The standard InChI is InChI=1S/C20H19NO/c22-18-12-10-17(11-13-18)21-19-9-5-4-8-16(19)14-20(21)15-6-2-1-3-7-15/h1-3,6-7,10-14,22H,4-5,8-9H2. The number of nitrogens with zero attached hydrogens (tertiary/aromatic N) is 1. The van der Waals surface area contributed by atoms with Crippen molar-refractivity contribution in [1.82, 2.24) is 4.57 Å². The fraction of sp³-hybridized carbons (Fsp3) is 0.200. The van der Waals surface area contributed by atoms with Gasteiger partial charge in [-0.1, -0.05) is 30.3 Å². The summed E-state index contributed by atoms with van der Waals surface area (Å²) in [5, 5.41) is 9.57. The third kappa shape index (κ3) is 2.21. The highest BCUT2D eigenvalue weighted by Gasteiger charge is 2.19. The lowest BCUT2D eigenvalue weighted by molar-refractivity contribution is 0.475. The van der Waals surface area contributed by atoms with Crippen molar-refractivity contribution < 1.29 is 5.11 Å². The quantitative estimate of drug-likeness (QED) is 0.725. The van der Waals surface area contributed by atoms with Crippen molar-refractivity contribution in [2.45, 2.75) is 25.7 Å². The van der Waals surface area contributed by atoms with Crippen LogP contribution in [0.4, 0.5) is 0 Å². The van der Waals surface area contributed by atoms with Crippen molar-refractivity contribution in [3.05, 3.63) is 71.9 Å². The molecule has 0 unspecified atom stereocenters. The third-order valence-electron chi connectivity index (χ3n) is 4.48. The number of aromatic hydroxyl groups is 1. The first-order valence-electron chi connectivity index (χ1n) is 7.91. The first-order valence-corrected chi connectivity index (χ1v) is 7.91. The maximum absolute atomic E-state index is 9.57. The number of fused-ring (bicyclic) bond motifs is 1. The summed E-state index contributed by atoms with van der Waals surface area (Å²) >= 11 is 0. The van der Waals surface area contributed by atoms with Gasteiger partial charge in [0.25, 0.3) is 0 Å². The molecule has 1 aromatic heterocycles. The average molecular weight is 289 g/mol. The summed E-state index contributed by atoms with van der Waals surface area (Å²) in [4.78, 5) is 0. The Morgan fingerprint density at radius 3 is 2.32 bits per heavy atom. The van der Waals surface area contributed by atoms with Gasteiger partial charge in [0.1, 0.15) is 5.75 Å². The number of aryl methyl sites for hydroxylation is 1. The Kier molecular flexibility index (Phi) is 3.23. The summed E-state index contributed by atoms with van der Waals surface area (Å²) in [5.74, 6) is 0.311. The minimum Gasteiger partial charge on any atom is -0.508 e. The molecule has 0 aliphatic heterocycles. The highest BCUT2D eigenvalue weighted by molar-refractivity contribution is 5.66. The van der Waals surface area contributed by atoms with E-state index < -0.39 is 0 Å².